The number of halogens is 1. The lowest BCUT2D eigenvalue weighted by Gasteiger charge is -2.23. The molecule has 0 fully saturated rings. The number of hydrogen-bond acceptors (Lipinski definition) is 4. The summed E-state index contributed by atoms with van der Waals surface area (Å²) in [5.41, 5.74) is 0.587. The average molecular weight is 378 g/mol. The van der Waals surface area contributed by atoms with Crippen molar-refractivity contribution in [2.45, 2.75) is 6.92 Å². The second-order valence-electron chi connectivity index (χ2n) is 5.68. The van der Waals surface area contributed by atoms with Crippen molar-refractivity contribution in [3.8, 4) is 0 Å². The Morgan fingerprint density at radius 2 is 1.81 bits per heavy atom. The normalized spacial score (nSPS) is 11.0. The van der Waals surface area contributed by atoms with Crippen molar-refractivity contribution in [1.29, 1.82) is 0 Å². The molecule has 0 atom stereocenters. The SMILES string of the molecule is CC(=O)c1cccc(N(CCNC(=O)c2ccccc2F)S(C)(=O)=O)c1. The number of hydrogen-bond donors (Lipinski definition) is 1. The van der Waals surface area contributed by atoms with Gasteiger partial charge in [-0.3, -0.25) is 13.9 Å². The maximum atomic E-state index is 13.6. The summed E-state index contributed by atoms with van der Waals surface area (Å²) in [6.07, 6.45) is 1.03. The molecule has 6 nitrogen and oxygen atoms in total. The van der Waals surface area contributed by atoms with Gasteiger partial charge in [-0.15, -0.1) is 0 Å². The van der Waals surface area contributed by atoms with Gasteiger partial charge in [-0.25, -0.2) is 12.8 Å². The lowest BCUT2D eigenvalue weighted by atomic mass is 10.1. The Kier molecular flexibility index (Phi) is 6.10. The van der Waals surface area contributed by atoms with Gasteiger partial charge in [0.2, 0.25) is 10.0 Å². The number of Topliss-reactive ketones (excluding diaryl/α,β-unsaturated/α-hetero) is 1. The summed E-state index contributed by atoms with van der Waals surface area (Å²) < 4.78 is 38.8. The number of benzene rings is 2. The summed E-state index contributed by atoms with van der Waals surface area (Å²) in [6.45, 7) is 1.31. The fourth-order valence-electron chi connectivity index (χ4n) is 2.38. The Bertz CT molecular complexity index is 928. The molecule has 1 N–H and O–H groups in total. The molecule has 0 aromatic heterocycles. The molecule has 0 bridgehead atoms. The second-order valence-corrected chi connectivity index (χ2v) is 7.58. The van der Waals surface area contributed by atoms with Crippen LogP contribution in [0, 0.1) is 5.82 Å². The molecule has 0 saturated heterocycles. The van der Waals surface area contributed by atoms with Crippen LogP contribution < -0.4 is 9.62 Å². The van der Waals surface area contributed by atoms with Crippen molar-refractivity contribution >= 4 is 27.4 Å². The lowest BCUT2D eigenvalue weighted by Crippen LogP contribution is -2.38. The van der Waals surface area contributed by atoms with Gasteiger partial charge in [-0.05, 0) is 31.2 Å². The van der Waals surface area contributed by atoms with E-state index in [2.05, 4.69) is 5.32 Å². The van der Waals surface area contributed by atoms with Crippen LogP contribution in [0.3, 0.4) is 0 Å². The van der Waals surface area contributed by atoms with Gasteiger partial charge in [-0.1, -0.05) is 24.3 Å². The van der Waals surface area contributed by atoms with Crippen molar-refractivity contribution in [1.82, 2.24) is 5.32 Å². The van der Waals surface area contributed by atoms with E-state index in [1.165, 1.54) is 37.3 Å². The van der Waals surface area contributed by atoms with Gasteiger partial charge < -0.3 is 5.32 Å². The Morgan fingerprint density at radius 1 is 1.12 bits per heavy atom. The molecular weight excluding hydrogens is 359 g/mol. The molecule has 2 rings (SSSR count). The Labute approximate surface area is 151 Å². The number of carbonyl (C=O) groups excluding carboxylic acids is 2. The monoisotopic (exact) mass is 378 g/mol. The molecule has 138 valence electrons. The molecule has 0 aliphatic heterocycles. The van der Waals surface area contributed by atoms with Crippen molar-refractivity contribution in [3.05, 3.63) is 65.5 Å². The summed E-state index contributed by atoms with van der Waals surface area (Å²) in [6, 6.07) is 11.7. The van der Waals surface area contributed by atoms with Crippen LogP contribution >= 0.6 is 0 Å². The van der Waals surface area contributed by atoms with Crippen LogP contribution in [0.1, 0.15) is 27.6 Å². The summed E-state index contributed by atoms with van der Waals surface area (Å²) in [5, 5.41) is 2.50. The van der Waals surface area contributed by atoms with E-state index in [-0.39, 0.29) is 24.4 Å². The molecule has 0 spiro atoms. The van der Waals surface area contributed by atoms with E-state index >= 15 is 0 Å². The van der Waals surface area contributed by atoms with Crippen LogP contribution in [-0.2, 0) is 10.0 Å². The van der Waals surface area contributed by atoms with Gasteiger partial charge in [0.15, 0.2) is 5.78 Å². The number of nitrogens with zero attached hydrogens (tertiary/aromatic N) is 1. The number of nitrogens with one attached hydrogen (secondary N) is 1. The third-order valence-electron chi connectivity index (χ3n) is 3.66. The molecule has 2 aromatic rings. The van der Waals surface area contributed by atoms with E-state index in [0.29, 0.717) is 11.3 Å². The van der Waals surface area contributed by atoms with E-state index in [1.807, 2.05) is 0 Å². The Balaban J connectivity index is 2.13. The first-order chi connectivity index (χ1) is 12.2. The van der Waals surface area contributed by atoms with Crippen molar-refractivity contribution < 1.29 is 22.4 Å². The highest BCUT2D eigenvalue weighted by Crippen LogP contribution is 2.19. The van der Waals surface area contributed by atoms with Crippen molar-refractivity contribution in [2.24, 2.45) is 0 Å². The number of ketones is 1. The average Bonchev–Trinajstić information content (AvgIpc) is 2.58. The number of rotatable bonds is 7. The van der Waals surface area contributed by atoms with Crippen molar-refractivity contribution in [2.75, 3.05) is 23.7 Å². The van der Waals surface area contributed by atoms with Gasteiger partial charge in [-0.2, -0.15) is 0 Å². The van der Waals surface area contributed by atoms with Crippen LogP contribution in [-0.4, -0.2) is 39.5 Å². The molecule has 0 aliphatic rings. The summed E-state index contributed by atoms with van der Waals surface area (Å²) in [4.78, 5) is 23.5. The van der Waals surface area contributed by atoms with Gasteiger partial charge in [0.05, 0.1) is 24.1 Å². The minimum atomic E-state index is -3.63. The topological polar surface area (TPSA) is 83.6 Å². The van der Waals surface area contributed by atoms with Crippen LogP contribution in [0.2, 0.25) is 0 Å². The van der Waals surface area contributed by atoms with E-state index in [1.54, 1.807) is 18.2 Å². The van der Waals surface area contributed by atoms with E-state index in [9.17, 15) is 22.4 Å². The molecule has 1 amide bonds. The fraction of sp³-hybridized carbons (Fsp3) is 0.222. The minimum absolute atomic E-state index is 0.0233. The number of anilines is 1. The highest BCUT2D eigenvalue weighted by Gasteiger charge is 2.19. The number of sulfonamides is 1. The first-order valence-corrected chi connectivity index (χ1v) is 9.66. The highest BCUT2D eigenvalue weighted by molar-refractivity contribution is 7.92. The second kappa shape index (κ2) is 8.09. The fourth-order valence-corrected chi connectivity index (χ4v) is 3.30. The summed E-state index contributed by atoms with van der Waals surface area (Å²) >= 11 is 0. The van der Waals surface area contributed by atoms with E-state index in [4.69, 9.17) is 0 Å². The number of amides is 1. The quantitative estimate of drug-likeness (QED) is 0.749. The predicted molar refractivity (Wildman–Crippen MR) is 97.4 cm³/mol. The zero-order valence-electron chi connectivity index (χ0n) is 14.4. The van der Waals surface area contributed by atoms with Crippen LogP contribution in [0.5, 0.6) is 0 Å². The molecule has 0 aliphatic carbocycles. The molecule has 2 aromatic carbocycles. The zero-order valence-corrected chi connectivity index (χ0v) is 15.2. The first kappa shape index (κ1) is 19.6. The lowest BCUT2D eigenvalue weighted by molar-refractivity contribution is 0.0950. The van der Waals surface area contributed by atoms with Crippen LogP contribution in [0.4, 0.5) is 10.1 Å². The summed E-state index contributed by atoms with van der Waals surface area (Å²) in [5.74, 6) is -1.47. The van der Waals surface area contributed by atoms with E-state index in [0.717, 1.165) is 10.6 Å². The van der Waals surface area contributed by atoms with Crippen LogP contribution in [0.25, 0.3) is 0 Å². The highest BCUT2D eigenvalue weighted by atomic mass is 32.2. The minimum Gasteiger partial charge on any atom is -0.350 e. The van der Waals surface area contributed by atoms with Crippen LogP contribution in [0.15, 0.2) is 48.5 Å². The third kappa shape index (κ3) is 4.89. The van der Waals surface area contributed by atoms with Crippen molar-refractivity contribution in [3.63, 3.8) is 0 Å². The maximum Gasteiger partial charge on any atom is 0.254 e. The molecule has 0 radical (unpaired) electrons. The summed E-state index contributed by atoms with van der Waals surface area (Å²) in [7, 11) is -3.63. The predicted octanol–water partition coefficient (Wildman–Crippen LogP) is 2.22. The Hall–Kier alpha value is -2.74. The molecule has 0 unspecified atom stereocenters. The van der Waals surface area contributed by atoms with Gasteiger partial charge in [0.1, 0.15) is 5.82 Å². The maximum absolute atomic E-state index is 13.6. The van der Waals surface area contributed by atoms with Gasteiger partial charge >= 0.3 is 0 Å². The molecule has 26 heavy (non-hydrogen) atoms. The third-order valence-corrected chi connectivity index (χ3v) is 4.85. The molecule has 0 saturated carbocycles. The molecule has 8 heteroatoms. The first-order valence-electron chi connectivity index (χ1n) is 7.81. The smallest absolute Gasteiger partial charge is 0.254 e. The number of carbonyl (C=O) groups is 2. The van der Waals surface area contributed by atoms with Gasteiger partial charge in [0, 0.05) is 12.1 Å². The van der Waals surface area contributed by atoms with E-state index < -0.39 is 21.7 Å². The zero-order chi connectivity index (χ0) is 19.3. The largest absolute Gasteiger partial charge is 0.350 e. The molecule has 0 heterocycles. The molecular formula is C18H19FN2O4S. The Morgan fingerprint density at radius 3 is 2.42 bits per heavy atom. The standard InChI is InChI=1S/C18H19FN2O4S/c1-13(22)14-6-5-7-15(12-14)21(26(2,24)25)11-10-20-18(23)16-8-3-4-9-17(16)19/h3-9,12H,10-11H2,1-2H3,(H,20,23). The van der Waals surface area contributed by atoms with Gasteiger partial charge in [0.25, 0.3) is 5.91 Å².